The Morgan fingerprint density at radius 1 is 1.05 bits per heavy atom. The molecule has 1 saturated heterocycles. The molecule has 1 fully saturated rings. The van der Waals surface area contributed by atoms with Gasteiger partial charge in [0.25, 0.3) is 5.91 Å². The molecule has 19 heavy (non-hydrogen) atoms. The molecule has 2 amide bonds. The number of piperazine rings is 1. The van der Waals surface area contributed by atoms with Crippen molar-refractivity contribution in [3.8, 4) is 0 Å². The Morgan fingerprint density at radius 2 is 1.63 bits per heavy atom. The molecule has 1 aromatic carbocycles. The van der Waals surface area contributed by atoms with E-state index in [1.165, 1.54) is 9.80 Å². The van der Waals surface area contributed by atoms with Crippen LogP contribution in [0.25, 0.3) is 0 Å². The number of benzene rings is 1. The van der Waals surface area contributed by atoms with E-state index in [2.05, 4.69) is 0 Å². The maximum atomic E-state index is 13.5. The molecule has 102 valence electrons. The van der Waals surface area contributed by atoms with Crippen molar-refractivity contribution in [3.63, 3.8) is 0 Å². The predicted octanol–water partition coefficient (Wildman–Crippen LogP) is 1.40. The van der Waals surface area contributed by atoms with Crippen LogP contribution >= 0.6 is 0 Å². The van der Waals surface area contributed by atoms with Crippen LogP contribution < -0.4 is 0 Å². The molecule has 0 aromatic heterocycles. The topological polar surface area (TPSA) is 60.9 Å². The lowest BCUT2D eigenvalue weighted by atomic mass is 10.1. The number of carboxylic acid groups (broad SMARTS) is 1. The van der Waals surface area contributed by atoms with Gasteiger partial charge in [0.1, 0.15) is 11.6 Å². The molecule has 0 unspecified atom stereocenters. The van der Waals surface area contributed by atoms with Gasteiger partial charge in [0.2, 0.25) is 0 Å². The van der Waals surface area contributed by atoms with Crippen molar-refractivity contribution >= 4 is 12.0 Å². The van der Waals surface area contributed by atoms with Crippen LogP contribution in [-0.2, 0) is 0 Å². The summed E-state index contributed by atoms with van der Waals surface area (Å²) in [5.74, 6) is -2.09. The zero-order valence-corrected chi connectivity index (χ0v) is 9.97. The third kappa shape index (κ3) is 2.81. The molecule has 0 radical (unpaired) electrons. The predicted molar refractivity (Wildman–Crippen MR) is 61.9 cm³/mol. The minimum Gasteiger partial charge on any atom is -0.465 e. The van der Waals surface area contributed by atoms with Crippen LogP contribution in [0.1, 0.15) is 10.4 Å². The lowest BCUT2D eigenvalue weighted by molar-refractivity contribution is 0.0620. The van der Waals surface area contributed by atoms with Crippen molar-refractivity contribution in [2.24, 2.45) is 0 Å². The highest BCUT2D eigenvalue weighted by Crippen LogP contribution is 2.14. The van der Waals surface area contributed by atoms with Gasteiger partial charge >= 0.3 is 6.09 Å². The number of amides is 2. The van der Waals surface area contributed by atoms with Gasteiger partial charge in [-0.25, -0.2) is 13.6 Å². The fraction of sp³-hybridized carbons (Fsp3) is 0.333. The van der Waals surface area contributed by atoms with Gasteiger partial charge in [0.15, 0.2) is 0 Å². The van der Waals surface area contributed by atoms with Crippen LogP contribution in [0, 0.1) is 11.6 Å². The van der Waals surface area contributed by atoms with Crippen LogP contribution in [0.5, 0.6) is 0 Å². The van der Waals surface area contributed by atoms with E-state index in [4.69, 9.17) is 5.11 Å². The zero-order valence-electron chi connectivity index (χ0n) is 9.97. The molecule has 7 heteroatoms. The molecule has 0 aliphatic carbocycles. The minimum absolute atomic E-state index is 0.165. The number of nitrogens with zero attached hydrogens (tertiary/aromatic N) is 2. The van der Waals surface area contributed by atoms with E-state index in [1.807, 2.05) is 0 Å². The van der Waals surface area contributed by atoms with E-state index in [-0.39, 0.29) is 31.7 Å². The first kappa shape index (κ1) is 13.3. The van der Waals surface area contributed by atoms with Gasteiger partial charge in [-0.2, -0.15) is 0 Å². The largest absolute Gasteiger partial charge is 0.465 e. The number of halogens is 2. The van der Waals surface area contributed by atoms with Gasteiger partial charge < -0.3 is 14.9 Å². The number of carbonyl (C=O) groups excluding carboxylic acids is 1. The second kappa shape index (κ2) is 5.21. The number of rotatable bonds is 1. The molecule has 1 N–H and O–H groups in total. The zero-order chi connectivity index (χ0) is 14.0. The minimum atomic E-state index is -1.05. The molecular weight excluding hydrogens is 258 g/mol. The van der Waals surface area contributed by atoms with Gasteiger partial charge in [-0.3, -0.25) is 4.79 Å². The van der Waals surface area contributed by atoms with Crippen molar-refractivity contribution in [2.75, 3.05) is 26.2 Å². The summed E-state index contributed by atoms with van der Waals surface area (Å²) in [5.41, 5.74) is -0.330. The van der Waals surface area contributed by atoms with E-state index >= 15 is 0 Å². The summed E-state index contributed by atoms with van der Waals surface area (Å²) in [5, 5.41) is 8.77. The van der Waals surface area contributed by atoms with E-state index in [9.17, 15) is 18.4 Å². The molecule has 2 rings (SSSR count). The first-order chi connectivity index (χ1) is 8.99. The molecule has 1 aromatic rings. The van der Waals surface area contributed by atoms with Crippen molar-refractivity contribution in [1.29, 1.82) is 0 Å². The second-order valence-electron chi connectivity index (χ2n) is 4.19. The first-order valence-electron chi connectivity index (χ1n) is 5.71. The molecule has 1 aliphatic heterocycles. The van der Waals surface area contributed by atoms with Gasteiger partial charge in [-0.15, -0.1) is 0 Å². The Morgan fingerprint density at radius 3 is 2.21 bits per heavy atom. The average molecular weight is 270 g/mol. The van der Waals surface area contributed by atoms with E-state index in [0.29, 0.717) is 0 Å². The quantitative estimate of drug-likeness (QED) is 0.839. The maximum Gasteiger partial charge on any atom is 0.407 e. The van der Waals surface area contributed by atoms with Crippen LogP contribution in [0.15, 0.2) is 18.2 Å². The average Bonchev–Trinajstić information content (AvgIpc) is 2.41. The van der Waals surface area contributed by atoms with Crippen molar-refractivity contribution in [2.45, 2.75) is 0 Å². The van der Waals surface area contributed by atoms with Crippen LogP contribution in [0.2, 0.25) is 0 Å². The lowest BCUT2D eigenvalue weighted by Crippen LogP contribution is -2.50. The second-order valence-corrected chi connectivity index (χ2v) is 4.19. The van der Waals surface area contributed by atoms with Crippen molar-refractivity contribution in [1.82, 2.24) is 9.80 Å². The van der Waals surface area contributed by atoms with Crippen LogP contribution in [0.4, 0.5) is 13.6 Å². The fourth-order valence-electron chi connectivity index (χ4n) is 1.93. The maximum absolute atomic E-state index is 13.5. The smallest absolute Gasteiger partial charge is 0.407 e. The third-order valence-corrected chi connectivity index (χ3v) is 3.00. The van der Waals surface area contributed by atoms with Crippen LogP contribution in [0.3, 0.4) is 0 Å². The Bertz CT molecular complexity index is 514. The van der Waals surface area contributed by atoms with Gasteiger partial charge in [-0.1, -0.05) is 0 Å². The number of carbonyl (C=O) groups is 2. The molecule has 0 bridgehead atoms. The molecule has 0 atom stereocenters. The summed E-state index contributed by atoms with van der Waals surface area (Å²) in [6.45, 7) is 0.665. The summed E-state index contributed by atoms with van der Waals surface area (Å²) in [6, 6.07) is 2.69. The monoisotopic (exact) mass is 270 g/mol. The Kier molecular flexibility index (Phi) is 3.64. The first-order valence-corrected chi connectivity index (χ1v) is 5.71. The Balaban J connectivity index is 2.09. The molecule has 0 spiro atoms. The Labute approximate surface area is 108 Å². The van der Waals surface area contributed by atoms with E-state index in [1.54, 1.807) is 0 Å². The molecule has 0 saturated carbocycles. The number of hydrogen-bond donors (Lipinski definition) is 1. The highest BCUT2D eigenvalue weighted by atomic mass is 19.1. The normalized spacial score (nSPS) is 15.5. The van der Waals surface area contributed by atoms with Crippen molar-refractivity contribution in [3.05, 3.63) is 35.4 Å². The molecular formula is C12H12F2N2O3. The van der Waals surface area contributed by atoms with E-state index < -0.39 is 23.6 Å². The lowest BCUT2D eigenvalue weighted by Gasteiger charge is -2.33. The summed E-state index contributed by atoms with van der Waals surface area (Å²) in [4.78, 5) is 25.2. The highest BCUT2D eigenvalue weighted by molar-refractivity contribution is 5.94. The summed E-state index contributed by atoms with van der Waals surface area (Å²) in [6.07, 6.45) is -1.05. The fourth-order valence-corrected chi connectivity index (χ4v) is 1.93. The summed E-state index contributed by atoms with van der Waals surface area (Å²) >= 11 is 0. The van der Waals surface area contributed by atoms with Crippen LogP contribution in [-0.4, -0.2) is 53.1 Å². The highest BCUT2D eigenvalue weighted by Gasteiger charge is 2.26. The molecule has 5 nitrogen and oxygen atoms in total. The number of hydrogen-bond acceptors (Lipinski definition) is 2. The van der Waals surface area contributed by atoms with Crippen molar-refractivity contribution < 1.29 is 23.5 Å². The van der Waals surface area contributed by atoms with Gasteiger partial charge in [-0.05, 0) is 18.2 Å². The van der Waals surface area contributed by atoms with E-state index in [0.717, 1.165) is 18.2 Å². The van der Waals surface area contributed by atoms with Gasteiger partial charge in [0.05, 0.1) is 5.56 Å². The molecule has 1 aliphatic rings. The molecule has 1 heterocycles. The third-order valence-electron chi connectivity index (χ3n) is 3.00. The summed E-state index contributed by atoms with van der Waals surface area (Å²) < 4.78 is 26.5. The van der Waals surface area contributed by atoms with Gasteiger partial charge in [0, 0.05) is 26.2 Å². The summed E-state index contributed by atoms with van der Waals surface area (Å²) in [7, 11) is 0. The standard InChI is InChI=1S/C12H12F2N2O3/c13-8-1-2-10(14)9(7-8)11(17)15-3-5-16(6-4-15)12(18)19/h1-2,7H,3-6H2,(H,18,19). The SMILES string of the molecule is O=C(O)N1CCN(C(=O)c2cc(F)ccc2F)CC1. The Hall–Kier alpha value is -2.18.